The van der Waals surface area contributed by atoms with Gasteiger partial charge in [0.2, 0.25) is 5.60 Å². The summed E-state index contributed by atoms with van der Waals surface area (Å²) < 4.78 is 42.1. The summed E-state index contributed by atoms with van der Waals surface area (Å²) in [7, 11) is 3.24. The predicted octanol–water partition coefficient (Wildman–Crippen LogP) is 3.58. The number of rotatable bonds is 7. The van der Waals surface area contributed by atoms with Gasteiger partial charge in [-0.25, -0.2) is 4.98 Å². The molecule has 0 aliphatic carbocycles. The Balaban J connectivity index is 0.00000450. The molecule has 1 aromatic carbocycles. The monoisotopic (exact) mass is 539 g/mol. The van der Waals surface area contributed by atoms with Crippen molar-refractivity contribution in [1.29, 1.82) is 0 Å². The second-order valence-electron chi connectivity index (χ2n) is 6.99. The summed E-state index contributed by atoms with van der Waals surface area (Å²) >= 11 is 0. The maximum Gasteiger partial charge on any atom is 0.424 e. The van der Waals surface area contributed by atoms with Crippen molar-refractivity contribution in [1.82, 2.24) is 19.8 Å². The van der Waals surface area contributed by atoms with Crippen LogP contribution in [-0.4, -0.2) is 51.8 Å². The Kier molecular flexibility index (Phi) is 9.60. The number of benzene rings is 1. The number of nitrogens with one attached hydrogen (secondary N) is 1. The Morgan fingerprint density at radius 2 is 1.97 bits per heavy atom. The lowest BCUT2D eigenvalue weighted by molar-refractivity contribution is -0.272. The largest absolute Gasteiger partial charge is 0.424 e. The normalized spacial score (nSPS) is 14.1. The molecule has 1 aromatic heterocycles. The second kappa shape index (κ2) is 11.0. The number of guanidine groups is 1. The van der Waals surface area contributed by atoms with Crippen molar-refractivity contribution < 1.29 is 18.3 Å². The van der Waals surface area contributed by atoms with Gasteiger partial charge in [-0.3, -0.25) is 4.99 Å². The van der Waals surface area contributed by atoms with E-state index in [1.165, 1.54) is 24.0 Å². The van der Waals surface area contributed by atoms with Crippen LogP contribution in [0, 0.1) is 6.92 Å². The molecular formula is C20H29F3IN5O. The van der Waals surface area contributed by atoms with Crippen LogP contribution in [0.25, 0.3) is 0 Å². The maximum atomic E-state index is 13.6. The molecular weight excluding hydrogens is 510 g/mol. The Bertz CT molecular complexity index is 840. The van der Waals surface area contributed by atoms with E-state index in [9.17, 15) is 18.3 Å². The molecule has 6 nitrogen and oxygen atoms in total. The summed E-state index contributed by atoms with van der Waals surface area (Å²) in [5.74, 6) is 0.0265. The molecule has 0 aliphatic heterocycles. The number of aliphatic imine (C=N–C) groups is 1. The minimum atomic E-state index is -4.87. The molecule has 1 heterocycles. The molecule has 1 unspecified atom stereocenters. The Hall–Kier alpha value is -1.82. The third-order valence-corrected chi connectivity index (χ3v) is 4.76. The van der Waals surface area contributed by atoms with E-state index < -0.39 is 24.0 Å². The average Bonchev–Trinajstić information content (AvgIpc) is 3.08. The van der Waals surface area contributed by atoms with Crippen LogP contribution >= 0.6 is 24.0 Å². The molecule has 1 atom stereocenters. The first-order chi connectivity index (χ1) is 13.6. The zero-order chi connectivity index (χ0) is 21.7. The highest BCUT2D eigenvalue weighted by Crippen LogP contribution is 2.40. The van der Waals surface area contributed by atoms with Crippen molar-refractivity contribution in [3.05, 3.63) is 53.6 Å². The first-order valence-electron chi connectivity index (χ1n) is 9.41. The molecule has 0 spiro atoms. The number of aryl methyl sites for hydroxylation is 2. The van der Waals surface area contributed by atoms with Crippen LogP contribution in [0.1, 0.15) is 30.3 Å². The number of imidazole rings is 1. The third kappa shape index (κ3) is 6.10. The van der Waals surface area contributed by atoms with Gasteiger partial charge in [-0.15, -0.1) is 24.0 Å². The Morgan fingerprint density at radius 1 is 1.30 bits per heavy atom. The highest BCUT2D eigenvalue weighted by Gasteiger charge is 2.57. The van der Waals surface area contributed by atoms with Crippen LogP contribution in [0.5, 0.6) is 0 Å². The molecule has 0 bridgehead atoms. The maximum absolute atomic E-state index is 13.6. The summed E-state index contributed by atoms with van der Waals surface area (Å²) in [6.45, 7) is 4.80. The van der Waals surface area contributed by atoms with Gasteiger partial charge in [0, 0.05) is 52.5 Å². The summed E-state index contributed by atoms with van der Waals surface area (Å²) in [5.41, 5.74) is -0.849. The summed E-state index contributed by atoms with van der Waals surface area (Å²) in [6, 6.07) is 7.90. The summed E-state index contributed by atoms with van der Waals surface area (Å²) in [4.78, 5) is 9.87. The average molecular weight is 539 g/mol. The van der Waals surface area contributed by atoms with Gasteiger partial charge in [-0.1, -0.05) is 24.3 Å². The van der Waals surface area contributed by atoms with Gasteiger partial charge in [0.05, 0.1) is 0 Å². The number of nitrogens with zero attached hydrogens (tertiary/aromatic N) is 4. The molecule has 168 valence electrons. The van der Waals surface area contributed by atoms with E-state index >= 15 is 0 Å². The minimum absolute atomic E-state index is 0. The van der Waals surface area contributed by atoms with E-state index in [0.29, 0.717) is 19.0 Å². The molecule has 0 amide bonds. The minimum Gasteiger partial charge on any atom is -0.374 e. The van der Waals surface area contributed by atoms with Gasteiger partial charge in [0.1, 0.15) is 5.82 Å². The highest BCUT2D eigenvalue weighted by molar-refractivity contribution is 14.0. The summed E-state index contributed by atoms with van der Waals surface area (Å²) in [6.07, 6.45) is -2.90. The zero-order valence-electron chi connectivity index (χ0n) is 17.6. The van der Waals surface area contributed by atoms with Crippen molar-refractivity contribution in [2.75, 3.05) is 20.1 Å². The van der Waals surface area contributed by atoms with Gasteiger partial charge in [0.15, 0.2) is 5.96 Å². The molecule has 0 fully saturated rings. The van der Waals surface area contributed by atoms with Crippen LogP contribution in [-0.2, 0) is 19.2 Å². The lowest BCUT2D eigenvalue weighted by atomic mass is 9.98. The highest BCUT2D eigenvalue weighted by atomic mass is 127. The first kappa shape index (κ1) is 26.2. The van der Waals surface area contributed by atoms with Crippen LogP contribution in [0.4, 0.5) is 13.2 Å². The Morgan fingerprint density at radius 3 is 2.50 bits per heavy atom. The fourth-order valence-electron chi connectivity index (χ4n) is 3.06. The molecule has 2 N–H and O–H groups in total. The molecule has 0 radical (unpaired) electrons. The van der Waals surface area contributed by atoms with E-state index in [-0.39, 0.29) is 30.5 Å². The van der Waals surface area contributed by atoms with Crippen molar-refractivity contribution >= 4 is 29.9 Å². The van der Waals surface area contributed by atoms with Crippen molar-refractivity contribution in [3.8, 4) is 0 Å². The van der Waals surface area contributed by atoms with Gasteiger partial charge in [-0.05, 0) is 25.0 Å². The van der Waals surface area contributed by atoms with E-state index in [1.807, 2.05) is 50.1 Å². The quantitative estimate of drug-likeness (QED) is 0.321. The topological polar surface area (TPSA) is 65.7 Å². The van der Waals surface area contributed by atoms with Gasteiger partial charge < -0.3 is 19.9 Å². The lowest BCUT2D eigenvalue weighted by Gasteiger charge is -2.29. The summed E-state index contributed by atoms with van der Waals surface area (Å²) in [5, 5.41) is 13.5. The number of aromatic nitrogens is 2. The zero-order valence-corrected chi connectivity index (χ0v) is 19.9. The standard InChI is InChI=1S/C20H28F3N5O.HI/c1-5-24-18(28(4)14-16-9-7-6-8-15(16)2)26-11-10-19(29,20(21,22)23)17-25-12-13-27(17)3;/h6-9,12-13,29H,5,10-11,14H2,1-4H3,(H,24,26);1H. The molecule has 2 rings (SSSR count). The second-order valence-corrected chi connectivity index (χ2v) is 6.99. The van der Waals surface area contributed by atoms with Crippen LogP contribution in [0.3, 0.4) is 0 Å². The number of halogens is 4. The smallest absolute Gasteiger partial charge is 0.374 e. The van der Waals surface area contributed by atoms with Gasteiger partial charge in [-0.2, -0.15) is 13.2 Å². The number of hydrogen-bond acceptors (Lipinski definition) is 3. The van der Waals surface area contributed by atoms with Crippen LogP contribution in [0.2, 0.25) is 0 Å². The molecule has 0 saturated heterocycles. The fourth-order valence-corrected chi connectivity index (χ4v) is 3.06. The van der Waals surface area contributed by atoms with Gasteiger partial charge in [0.25, 0.3) is 0 Å². The molecule has 0 saturated carbocycles. The number of alkyl halides is 3. The molecule has 10 heteroatoms. The van der Waals surface area contributed by atoms with Crippen LogP contribution < -0.4 is 5.32 Å². The van der Waals surface area contributed by atoms with Crippen molar-refractivity contribution in [2.45, 2.75) is 38.6 Å². The van der Waals surface area contributed by atoms with Crippen molar-refractivity contribution in [2.24, 2.45) is 12.0 Å². The fraction of sp³-hybridized carbons (Fsp3) is 0.500. The van der Waals surface area contributed by atoms with E-state index in [4.69, 9.17) is 0 Å². The molecule has 0 aliphatic rings. The van der Waals surface area contributed by atoms with Crippen molar-refractivity contribution in [3.63, 3.8) is 0 Å². The van der Waals surface area contributed by atoms with E-state index in [2.05, 4.69) is 15.3 Å². The van der Waals surface area contributed by atoms with Gasteiger partial charge >= 0.3 is 6.18 Å². The Labute approximate surface area is 192 Å². The third-order valence-electron chi connectivity index (χ3n) is 4.76. The number of aliphatic hydroxyl groups is 1. The molecule has 2 aromatic rings. The lowest BCUT2D eigenvalue weighted by Crippen LogP contribution is -2.45. The van der Waals surface area contributed by atoms with E-state index in [1.54, 1.807) is 0 Å². The van der Waals surface area contributed by atoms with E-state index in [0.717, 1.165) is 11.1 Å². The number of hydrogen-bond donors (Lipinski definition) is 2. The predicted molar refractivity (Wildman–Crippen MR) is 122 cm³/mol. The van der Waals surface area contributed by atoms with Crippen LogP contribution in [0.15, 0.2) is 41.7 Å². The SMILES string of the molecule is CCNC(=NCCC(O)(c1nccn1C)C(F)(F)F)N(C)Cc1ccccc1C.I. The first-order valence-corrected chi connectivity index (χ1v) is 9.41. The molecule has 30 heavy (non-hydrogen) atoms.